The maximum Gasteiger partial charge on any atom is 0.239 e. The number of hydrogen-bond acceptors (Lipinski definition) is 3. The summed E-state index contributed by atoms with van der Waals surface area (Å²) >= 11 is 0. The van der Waals surface area contributed by atoms with Gasteiger partial charge in [0, 0.05) is 26.7 Å². The Morgan fingerprint density at radius 2 is 2.31 bits per heavy atom. The highest BCUT2D eigenvalue weighted by molar-refractivity contribution is 5.83. The zero-order chi connectivity index (χ0) is 11.5. The molecule has 3 unspecified atom stereocenters. The minimum Gasteiger partial charge on any atom is -0.378 e. The summed E-state index contributed by atoms with van der Waals surface area (Å²) in [7, 11) is 1.87. The molecular weight excluding hydrogens is 204 g/mol. The molecule has 1 N–H and O–H groups in total. The molecular formula is C12H22N2O2. The average Bonchev–Trinajstić information content (AvgIpc) is 2.86. The highest BCUT2D eigenvalue weighted by Gasteiger charge is 2.31. The molecule has 3 atom stereocenters. The maximum atomic E-state index is 11.7. The van der Waals surface area contributed by atoms with Gasteiger partial charge in [-0.1, -0.05) is 6.92 Å². The minimum atomic E-state index is 0.0445. The molecule has 16 heavy (non-hydrogen) atoms. The van der Waals surface area contributed by atoms with Crippen LogP contribution in [0.5, 0.6) is 0 Å². The molecule has 0 radical (unpaired) electrons. The molecule has 0 spiro atoms. The third-order valence-corrected chi connectivity index (χ3v) is 3.80. The Hall–Kier alpha value is -0.610. The van der Waals surface area contributed by atoms with E-state index in [9.17, 15) is 4.79 Å². The van der Waals surface area contributed by atoms with E-state index >= 15 is 0 Å². The number of carbonyl (C=O) groups is 1. The lowest BCUT2D eigenvalue weighted by molar-refractivity contribution is -0.128. The van der Waals surface area contributed by atoms with Crippen molar-refractivity contribution in [1.29, 1.82) is 0 Å². The van der Waals surface area contributed by atoms with Crippen molar-refractivity contribution in [1.82, 2.24) is 10.2 Å². The molecule has 0 aromatic heterocycles. The molecule has 2 rings (SSSR count). The van der Waals surface area contributed by atoms with Crippen LogP contribution in [0, 0.1) is 5.92 Å². The van der Waals surface area contributed by atoms with E-state index in [0.717, 1.165) is 39.0 Å². The number of likely N-dealkylation sites (tertiary alicyclic amines) is 1. The summed E-state index contributed by atoms with van der Waals surface area (Å²) < 4.78 is 5.64. The van der Waals surface area contributed by atoms with E-state index in [0.29, 0.717) is 12.0 Å². The van der Waals surface area contributed by atoms with Gasteiger partial charge in [0.1, 0.15) is 0 Å². The Labute approximate surface area is 97.3 Å². The van der Waals surface area contributed by atoms with Crippen LogP contribution in [0.3, 0.4) is 0 Å². The van der Waals surface area contributed by atoms with Gasteiger partial charge in [-0.3, -0.25) is 4.79 Å². The van der Waals surface area contributed by atoms with E-state index in [-0.39, 0.29) is 11.9 Å². The fraction of sp³-hybridized carbons (Fsp3) is 0.917. The predicted molar refractivity (Wildman–Crippen MR) is 62.2 cm³/mol. The smallest absolute Gasteiger partial charge is 0.239 e. The SMILES string of the molecule is CCC1OCCC1CNC1CCN(C)C1=O. The van der Waals surface area contributed by atoms with Crippen molar-refractivity contribution < 1.29 is 9.53 Å². The molecule has 2 aliphatic heterocycles. The second kappa shape index (κ2) is 5.15. The van der Waals surface area contributed by atoms with Crippen molar-refractivity contribution >= 4 is 5.91 Å². The molecule has 2 fully saturated rings. The molecule has 0 bridgehead atoms. The topological polar surface area (TPSA) is 41.6 Å². The van der Waals surface area contributed by atoms with Gasteiger partial charge < -0.3 is 15.0 Å². The molecule has 0 aromatic rings. The van der Waals surface area contributed by atoms with Gasteiger partial charge in [-0.25, -0.2) is 0 Å². The molecule has 1 amide bonds. The standard InChI is InChI=1S/C12H22N2O2/c1-3-11-9(5-7-16-11)8-13-10-4-6-14(2)12(10)15/h9-11,13H,3-8H2,1-2H3. The molecule has 2 saturated heterocycles. The third-order valence-electron chi connectivity index (χ3n) is 3.80. The van der Waals surface area contributed by atoms with Crippen LogP contribution in [-0.4, -0.2) is 49.7 Å². The van der Waals surface area contributed by atoms with Gasteiger partial charge in [0.15, 0.2) is 0 Å². The van der Waals surface area contributed by atoms with Crippen molar-refractivity contribution in [2.24, 2.45) is 5.92 Å². The number of ether oxygens (including phenoxy) is 1. The Balaban J connectivity index is 1.77. The Morgan fingerprint density at radius 3 is 2.94 bits per heavy atom. The fourth-order valence-corrected chi connectivity index (χ4v) is 2.68. The average molecular weight is 226 g/mol. The molecule has 2 aliphatic rings. The van der Waals surface area contributed by atoms with Crippen LogP contribution >= 0.6 is 0 Å². The molecule has 0 saturated carbocycles. The number of likely N-dealkylation sites (N-methyl/N-ethyl adjacent to an activating group) is 1. The van der Waals surface area contributed by atoms with Crippen LogP contribution in [0.1, 0.15) is 26.2 Å². The number of amides is 1. The number of rotatable bonds is 4. The number of nitrogens with one attached hydrogen (secondary N) is 1. The largest absolute Gasteiger partial charge is 0.378 e. The van der Waals surface area contributed by atoms with Gasteiger partial charge in [-0.05, 0) is 25.2 Å². The summed E-state index contributed by atoms with van der Waals surface area (Å²) in [5.41, 5.74) is 0. The lowest BCUT2D eigenvalue weighted by Crippen LogP contribution is -2.40. The van der Waals surface area contributed by atoms with E-state index in [1.54, 1.807) is 4.90 Å². The zero-order valence-electron chi connectivity index (χ0n) is 10.2. The first-order chi connectivity index (χ1) is 7.72. The van der Waals surface area contributed by atoms with Crippen molar-refractivity contribution in [3.8, 4) is 0 Å². The van der Waals surface area contributed by atoms with Gasteiger partial charge in [-0.15, -0.1) is 0 Å². The first-order valence-corrected chi connectivity index (χ1v) is 6.32. The highest BCUT2D eigenvalue weighted by Crippen LogP contribution is 2.23. The first-order valence-electron chi connectivity index (χ1n) is 6.32. The summed E-state index contributed by atoms with van der Waals surface area (Å²) in [6, 6.07) is 0.0445. The van der Waals surface area contributed by atoms with Gasteiger partial charge in [0.25, 0.3) is 0 Å². The Kier molecular flexibility index (Phi) is 3.82. The van der Waals surface area contributed by atoms with Gasteiger partial charge in [-0.2, -0.15) is 0 Å². The summed E-state index contributed by atoms with van der Waals surface area (Å²) in [4.78, 5) is 13.5. The molecule has 92 valence electrons. The monoisotopic (exact) mass is 226 g/mol. The minimum absolute atomic E-state index is 0.0445. The van der Waals surface area contributed by atoms with Crippen molar-refractivity contribution in [3.05, 3.63) is 0 Å². The summed E-state index contributed by atoms with van der Waals surface area (Å²) in [6.07, 6.45) is 3.54. The predicted octanol–water partition coefficient (Wildman–Crippen LogP) is 0.622. The highest BCUT2D eigenvalue weighted by atomic mass is 16.5. The van der Waals surface area contributed by atoms with Gasteiger partial charge in [0.2, 0.25) is 5.91 Å². The van der Waals surface area contributed by atoms with E-state index in [4.69, 9.17) is 4.74 Å². The lowest BCUT2D eigenvalue weighted by Gasteiger charge is -2.19. The van der Waals surface area contributed by atoms with Crippen LogP contribution in [0.25, 0.3) is 0 Å². The lowest BCUT2D eigenvalue weighted by atomic mass is 9.99. The second-order valence-electron chi connectivity index (χ2n) is 4.88. The molecule has 2 heterocycles. The molecule has 0 aliphatic carbocycles. The van der Waals surface area contributed by atoms with Crippen LogP contribution in [0.2, 0.25) is 0 Å². The number of hydrogen-bond donors (Lipinski definition) is 1. The van der Waals surface area contributed by atoms with E-state index < -0.39 is 0 Å². The summed E-state index contributed by atoms with van der Waals surface area (Å²) in [5, 5.41) is 3.40. The fourth-order valence-electron chi connectivity index (χ4n) is 2.68. The molecule has 4 nitrogen and oxygen atoms in total. The van der Waals surface area contributed by atoms with Crippen LogP contribution in [-0.2, 0) is 9.53 Å². The van der Waals surface area contributed by atoms with Crippen LogP contribution in [0.15, 0.2) is 0 Å². The Morgan fingerprint density at radius 1 is 1.50 bits per heavy atom. The van der Waals surface area contributed by atoms with Crippen LogP contribution in [0.4, 0.5) is 0 Å². The zero-order valence-corrected chi connectivity index (χ0v) is 10.2. The van der Waals surface area contributed by atoms with Gasteiger partial charge in [0.05, 0.1) is 12.1 Å². The van der Waals surface area contributed by atoms with Crippen molar-refractivity contribution in [3.63, 3.8) is 0 Å². The van der Waals surface area contributed by atoms with Gasteiger partial charge >= 0.3 is 0 Å². The van der Waals surface area contributed by atoms with E-state index in [2.05, 4.69) is 12.2 Å². The summed E-state index contributed by atoms with van der Waals surface area (Å²) in [6.45, 7) is 4.85. The van der Waals surface area contributed by atoms with E-state index in [1.165, 1.54) is 0 Å². The normalized spacial score (nSPS) is 35.0. The van der Waals surface area contributed by atoms with Crippen molar-refractivity contribution in [2.75, 3.05) is 26.7 Å². The molecule has 4 heteroatoms. The Bertz CT molecular complexity index is 257. The number of nitrogens with zero attached hydrogens (tertiary/aromatic N) is 1. The van der Waals surface area contributed by atoms with Crippen molar-refractivity contribution in [2.45, 2.75) is 38.3 Å². The summed E-state index contributed by atoms with van der Waals surface area (Å²) in [5.74, 6) is 0.829. The molecule has 0 aromatic carbocycles. The first kappa shape index (κ1) is 11.9. The van der Waals surface area contributed by atoms with E-state index in [1.807, 2.05) is 7.05 Å². The number of carbonyl (C=O) groups excluding carboxylic acids is 1. The van der Waals surface area contributed by atoms with Crippen LogP contribution < -0.4 is 5.32 Å². The second-order valence-corrected chi connectivity index (χ2v) is 4.88. The quantitative estimate of drug-likeness (QED) is 0.764. The maximum absolute atomic E-state index is 11.7. The third kappa shape index (κ3) is 2.38.